The molecule has 0 aromatic heterocycles. The van der Waals surface area contributed by atoms with Crippen molar-refractivity contribution < 1.29 is 4.79 Å². The molecule has 13 heavy (non-hydrogen) atoms. The van der Waals surface area contributed by atoms with Crippen LogP contribution in [0.15, 0.2) is 12.7 Å². The van der Waals surface area contributed by atoms with Crippen molar-refractivity contribution in [2.24, 2.45) is 11.3 Å². The summed E-state index contributed by atoms with van der Waals surface area (Å²) in [4.78, 5) is 11.7. The molecule has 2 aliphatic carbocycles. The van der Waals surface area contributed by atoms with E-state index >= 15 is 0 Å². The molecular formula is C12H18O. The second-order valence-corrected chi connectivity index (χ2v) is 4.56. The highest BCUT2D eigenvalue weighted by atomic mass is 16.1. The van der Waals surface area contributed by atoms with Crippen molar-refractivity contribution >= 4 is 5.78 Å². The van der Waals surface area contributed by atoms with Crippen LogP contribution in [0.25, 0.3) is 0 Å². The van der Waals surface area contributed by atoms with Crippen LogP contribution < -0.4 is 0 Å². The number of carbonyl (C=O) groups is 1. The molecule has 0 amide bonds. The van der Waals surface area contributed by atoms with Gasteiger partial charge in [-0.3, -0.25) is 4.79 Å². The van der Waals surface area contributed by atoms with E-state index in [1.165, 1.54) is 25.7 Å². The molecule has 2 fully saturated rings. The molecule has 2 rings (SSSR count). The Morgan fingerprint density at radius 2 is 2.08 bits per heavy atom. The number of hydrogen-bond acceptors (Lipinski definition) is 1. The first-order chi connectivity index (χ1) is 6.28. The minimum Gasteiger partial charge on any atom is -0.299 e. The third-order valence-corrected chi connectivity index (χ3v) is 3.94. The monoisotopic (exact) mass is 178 g/mol. The smallest absolute Gasteiger partial charge is 0.136 e. The molecule has 0 heterocycles. The van der Waals surface area contributed by atoms with Gasteiger partial charge < -0.3 is 0 Å². The first kappa shape index (κ1) is 8.98. The Morgan fingerprint density at radius 1 is 1.31 bits per heavy atom. The molecule has 0 aliphatic heterocycles. The number of fused-ring (bicyclic) bond motifs is 1. The van der Waals surface area contributed by atoms with Gasteiger partial charge in [-0.15, -0.1) is 6.58 Å². The van der Waals surface area contributed by atoms with Crippen LogP contribution in [0.4, 0.5) is 0 Å². The molecule has 0 N–H and O–H groups in total. The van der Waals surface area contributed by atoms with Gasteiger partial charge in [0.05, 0.1) is 0 Å². The molecule has 0 bridgehead atoms. The minimum atomic E-state index is 0.202. The topological polar surface area (TPSA) is 17.1 Å². The van der Waals surface area contributed by atoms with Gasteiger partial charge in [0, 0.05) is 12.3 Å². The highest BCUT2D eigenvalue weighted by Gasteiger charge is 2.43. The lowest BCUT2D eigenvalue weighted by Crippen LogP contribution is -2.40. The van der Waals surface area contributed by atoms with Crippen molar-refractivity contribution in [2.45, 2.75) is 44.9 Å². The number of Topliss-reactive ketones (excluding diaryl/α,β-unsaturated/α-hetero) is 1. The van der Waals surface area contributed by atoms with Crippen LogP contribution >= 0.6 is 0 Å². The Morgan fingerprint density at radius 3 is 2.77 bits per heavy atom. The van der Waals surface area contributed by atoms with E-state index in [4.69, 9.17) is 0 Å². The van der Waals surface area contributed by atoms with E-state index in [-0.39, 0.29) is 5.41 Å². The second-order valence-electron chi connectivity index (χ2n) is 4.56. The molecule has 2 saturated carbocycles. The third-order valence-electron chi connectivity index (χ3n) is 3.94. The Kier molecular flexibility index (Phi) is 2.27. The van der Waals surface area contributed by atoms with E-state index < -0.39 is 0 Å². The van der Waals surface area contributed by atoms with Crippen molar-refractivity contribution in [3.63, 3.8) is 0 Å². The van der Waals surface area contributed by atoms with Gasteiger partial charge in [0.15, 0.2) is 0 Å². The molecule has 1 heteroatoms. The Bertz CT molecular complexity index is 227. The molecule has 0 aromatic carbocycles. The fraction of sp³-hybridized carbons (Fsp3) is 0.750. The number of ketones is 1. The fourth-order valence-corrected chi connectivity index (χ4v) is 3.16. The molecule has 0 spiro atoms. The molecule has 1 nitrogen and oxygen atoms in total. The van der Waals surface area contributed by atoms with Gasteiger partial charge >= 0.3 is 0 Å². The Balaban J connectivity index is 2.25. The average molecular weight is 178 g/mol. The van der Waals surface area contributed by atoms with Gasteiger partial charge in [0.2, 0.25) is 0 Å². The zero-order chi connectivity index (χ0) is 9.31. The molecule has 2 atom stereocenters. The van der Waals surface area contributed by atoms with Crippen LogP contribution in [0.5, 0.6) is 0 Å². The largest absolute Gasteiger partial charge is 0.299 e. The van der Waals surface area contributed by atoms with Crippen molar-refractivity contribution in [1.29, 1.82) is 0 Å². The first-order valence-electron chi connectivity index (χ1n) is 5.45. The summed E-state index contributed by atoms with van der Waals surface area (Å²) in [6, 6.07) is 0. The normalized spacial score (nSPS) is 39.7. The summed E-state index contributed by atoms with van der Waals surface area (Å²) in [5.74, 6) is 0.832. The summed E-state index contributed by atoms with van der Waals surface area (Å²) in [5.41, 5.74) is 0.202. The molecule has 0 aromatic rings. The van der Waals surface area contributed by atoms with Gasteiger partial charge in [-0.05, 0) is 31.1 Å². The predicted molar refractivity (Wildman–Crippen MR) is 53.4 cm³/mol. The van der Waals surface area contributed by atoms with Crippen molar-refractivity contribution in [1.82, 2.24) is 0 Å². The van der Waals surface area contributed by atoms with E-state index in [0.29, 0.717) is 11.7 Å². The van der Waals surface area contributed by atoms with E-state index in [1.54, 1.807) is 0 Å². The van der Waals surface area contributed by atoms with Gasteiger partial charge in [-0.25, -0.2) is 0 Å². The van der Waals surface area contributed by atoms with Crippen LogP contribution in [0.3, 0.4) is 0 Å². The van der Waals surface area contributed by atoms with Crippen LogP contribution in [0, 0.1) is 11.3 Å². The zero-order valence-electron chi connectivity index (χ0n) is 8.22. The van der Waals surface area contributed by atoms with Gasteiger partial charge in [-0.2, -0.15) is 0 Å². The Hall–Kier alpha value is -0.590. The lowest BCUT2D eigenvalue weighted by molar-refractivity contribution is -0.130. The lowest BCUT2D eigenvalue weighted by Gasteiger charge is -2.44. The van der Waals surface area contributed by atoms with Gasteiger partial charge in [0.25, 0.3) is 0 Å². The minimum absolute atomic E-state index is 0.202. The highest BCUT2D eigenvalue weighted by molar-refractivity contribution is 5.83. The number of carbonyl (C=O) groups excluding carboxylic acids is 1. The maximum atomic E-state index is 11.7. The second kappa shape index (κ2) is 3.28. The van der Waals surface area contributed by atoms with Gasteiger partial charge in [-0.1, -0.05) is 18.9 Å². The maximum absolute atomic E-state index is 11.7. The van der Waals surface area contributed by atoms with Crippen molar-refractivity contribution in [3.8, 4) is 0 Å². The zero-order valence-corrected chi connectivity index (χ0v) is 8.22. The molecule has 0 saturated heterocycles. The molecular weight excluding hydrogens is 160 g/mol. The molecule has 2 unspecified atom stereocenters. The predicted octanol–water partition coefficient (Wildman–Crippen LogP) is 3.10. The summed E-state index contributed by atoms with van der Waals surface area (Å²) in [5, 5.41) is 0. The van der Waals surface area contributed by atoms with Gasteiger partial charge in [0.1, 0.15) is 5.78 Å². The summed E-state index contributed by atoms with van der Waals surface area (Å²) < 4.78 is 0. The van der Waals surface area contributed by atoms with Crippen LogP contribution in [0.2, 0.25) is 0 Å². The molecule has 2 aliphatic rings. The molecule has 0 radical (unpaired) electrons. The quantitative estimate of drug-likeness (QED) is 0.564. The van der Waals surface area contributed by atoms with E-state index in [1.807, 2.05) is 0 Å². The summed E-state index contributed by atoms with van der Waals surface area (Å²) in [7, 11) is 0. The van der Waals surface area contributed by atoms with Crippen LogP contribution in [0.1, 0.15) is 44.9 Å². The van der Waals surface area contributed by atoms with Crippen molar-refractivity contribution in [2.75, 3.05) is 0 Å². The Labute approximate surface area is 80.2 Å². The lowest BCUT2D eigenvalue weighted by atomic mass is 9.59. The summed E-state index contributed by atoms with van der Waals surface area (Å²) in [6.45, 7) is 3.94. The summed E-state index contributed by atoms with van der Waals surface area (Å²) >= 11 is 0. The SMILES string of the molecule is C=CC12CCCCC1C(=O)CCC2. The maximum Gasteiger partial charge on any atom is 0.136 e. The third kappa shape index (κ3) is 1.34. The first-order valence-corrected chi connectivity index (χ1v) is 5.45. The van der Waals surface area contributed by atoms with E-state index in [9.17, 15) is 4.79 Å². The summed E-state index contributed by atoms with van der Waals surface area (Å²) in [6.07, 6.45) is 10.0. The van der Waals surface area contributed by atoms with E-state index in [2.05, 4.69) is 12.7 Å². The number of rotatable bonds is 1. The van der Waals surface area contributed by atoms with E-state index in [0.717, 1.165) is 19.3 Å². The highest BCUT2D eigenvalue weighted by Crippen LogP contribution is 2.49. The number of allylic oxidation sites excluding steroid dienone is 1. The molecule has 72 valence electrons. The standard InChI is InChI=1S/C12H18O/c1-2-12-8-4-3-6-10(12)11(13)7-5-9-12/h2,10H,1,3-9H2. The average Bonchev–Trinajstić information content (AvgIpc) is 2.18. The van der Waals surface area contributed by atoms with Crippen LogP contribution in [-0.2, 0) is 4.79 Å². The van der Waals surface area contributed by atoms with Crippen molar-refractivity contribution in [3.05, 3.63) is 12.7 Å². The fourth-order valence-electron chi connectivity index (χ4n) is 3.16. The van der Waals surface area contributed by atoms with Crippen LogP contribution in [-0.4, -0.2) is 5.78 Å². The number of hydrogen-bond donors (Lipinski definition) is 0.